The number of carbonyl (C=O) groups is 2. The van der Waals surface area contributed by atoms with Gasteiger partial charge in [-0.25, -0.2) is 4.79 Å². The molecule has 0 atom stereocenters. The van der Waals surface area contributed by atoms with Crippen LogP contribution in [0.3, 0.4) is 0 Å². The van der Waals surface area contributed by atoms with E-state index in [0.717, 1.165) is 27.0 Å². The minimum atomic E-state index is -0.508. The number of nitrogens with one attached hydrogen (secondary N) is 1. The topological polar surface area (TPSA) is 62.4 Å². The van der Waals surface area contributed by atoms with Crippen LogP contribution >= 0.6 is 22.9 Å². The van der Waals surface area contributed by atoms with Crippen molar-refractivity contribution >= 4 is 45.7 Å². The van der Waals surface area contributed by atoms with Crippen LogP contribution in [0.5, 0.6) is 0 Å². The van der Waals surface area contributed by atoms with E-state index >= 15 is 0 Å². The summed E-state index contributed by atoms with van der Waals surface area (Å²) in [5, 5.41) is 0.981. The van der Waals surface area contributed by atoms with E-state index in [-0.39, 0.29) is 12.5 Å². The van der Waals surface area contributed by atoms with Crippen molar-refractivity contribution in [2.24, 2.45) is 0 Å². The fraction of sp³-hybridized carbons (Fsp3) is 0.263. The van der Waals surface area contributed by atoms with Crippen molar-refractivity contribution in [3.8, 4) is 0 Å². The van der Waals surface area contributed by atoms with Gasteiger partial charge in [0.2, 0.25) is 0 Å². The van der Waals surface area contributed by atoms with Crippen LogP contribution in [-0.4, -0.2) is 35.4 Å². The molecular weight excluding hydrogens is 372 g/mol. The van der Waals surface area contributed by atoms with Crippen LogP contribution in [0.4, 0.5) is 0 Å². The molecule has 136 valence electrons. The number of benzene rings is 1. The van der Waals surface area contributed by atoms with Crippen LogP contribution in [0, 0.1) is 13.8 Å². The zero-order valence-corrected chi connectivity index (χ0v) is 16.3. The van der Waals surface area contributed by atoms with Gasteiger partial charge < -0.3 is 14.6 Å². The first-order valence-electron chi connectivity index (χ1n) is 8.09. The molecule has 0 fully saturated rings. The minimum Gasteiger partial charge on any atom is -0.452 e. The van der Waals surface area contributed by atoms with Gasteiger partial charge in [-0.3, -0.25) is 4.79 Å². The summed E-state index contributed by atoms with van der Waals surface area (Å²) in [4.78, 5) is 30.2. The number of aryl methyl sites for hydroxylation is 2. The van der Waals surface area contributed by atoms with Gasteiger partial charge in [0.25, 0.3) is 5.91 Å². The van der Waals surface area contributed by atoms with E-state index in [9.17, 15) is 9.59 Å². The van der Waals surface area contributed by atoms with Gasteiger partial charge in [0.15, 0.2) is 6.61 Å². The van der Waals surface area contributed by atoms with Gasteiger partial charge in [0.05, 0.1) is 16.4 Å². The Hall–Kier alpha value is -2.31. The molecule has 1 N–H and O–H groups in total. The lowest BCUT2D eigenvalue weighted by Crippen LogP contribution is -2.30. The van der Waals surface area contributed by atoms with Crippen molar-refractivity contribution < 1.29 is 14.3 Å². The second-order valence-corrected chi connectivity index (χ2v) is 7.97. The molecule has 2 heterocycles. The Morgan fingerprint density at radius 2 is 2.00 bits per heavy atom. The van der Waals surface area contributed by atoms with Crippen molar-refractivity contribution in [2.45, 2.75) is 20.4 Å². The summed E-state index contributed by atoms with van der Waals surface area (Å²) in [5.74, 6) is -0.774. The molecule has 0 aliphatic heterocycles. The molecule has 2 aromatic heterocycles. The number of halogens is 1. The number of esters is 1. The summed E-state index contributed by atoms with van der Waals surface area (Å²) < 4.78 is 5.87. The molecule has 5 nitrogen and oxygen atoms in total. The zero-order chi connectivity index (χ0) is 18.8. The maximum atomic E-state index is 12.3. The molecule has 7 heteroatoms. The first kappa shape index (κ1) is 18.5. The number of hydrogen-bond acceptors (Lipinski definition) is 4. The van der Waals surface area contributed by atoms with Crippen molar-refractivity contribution in [1.29, 1.82) is 0 Å². The molecule has 0 saturated heterocycles. The number of hydrogen-bond donors (Lipinski definition) is 1. The van der Waals surface area contributed by atoms with Crippen LogP contribution in [0.1, 0.15) is 26.5 Å². The summed E-state index contributed by atoms with van der Waals surface area (Å²) >= 11 is 7.31. The van der Waals surface area contributed by atoms with Gasteiger partial charge in [0, 0.05) is 28.5 Å². The standard InChI is InChI=1S/C19H19ClN2O3S/c1-11-12(2)21-16-6-4-13(8-15(11)16)19(24)25-10-18(23)22(3)9-14-5-7-17(20)26-14/h4-8,21H,9-10H2,1-3H3. The van der Waals surface area contributed by atoms with Crippen LogP contribution < -0.4 is 0 Å². The molecule has 3 rings (SSSR count). The molecule has 0 spiro atoms. The number of aromatic amines is 1. The van der Waals surface area contributed by atoms with Gasteiger partial charge in [-0.15, -0.1) is 11.3 Å². The number of likely N-dealkylation sites (N-methyl/N-ethyl adjacent to an activating group) is 1. The maximum absolute atomic E-state index is 12.3. The van der Waals surface area contributed by atoms with E-state index in [1.54, 1.807) is 25.2 Å². The van der Waals surface area contributed by atoms with Gasteiger partial charge in [-0.2, -0.15) is 0 Å². The lowest BCUT2D eigenvalue weighted by molar-refractivity contribution is -0.133. The SMILES string of the molecule is Cc1[nH]c2ccc(C(=O)OCC(=O)N(C)Cc3ccc(Cl)s3)cc2c1C. The molecule has 0 saturated carbocycles. The van der Waals surface area contributed by atoms with Crippen LogP contribution in [-0.2, 0) is 16.1 Å². The Morgan fingerprint density at radius 3 is 2.69 bits per heavy atom. The van der Waals surface area contributed by atoms with E-state index in [2.05, 4.69) is 4.98 Å². The quantitative estimate of drug-likeness (QED) is 0.660. The second-order valence-electron chi connectivity index (χ2n) is 6.17. The summed E-state index contributed by atoms with van der Waals surface area (Å²) in [6.07, 6.45) is 0. The zero-order valence-electron chi connectivity index (χ0n) is 14.8. The highest BCUT2D eigenvalue weighted by Gasteiger charge is 2.15. The van der Waals surface area contributed by atoms with Crippen molar-refractivity contribution in [3.63, 3.8) is 0 Å². The largest absolute Gasteiger partial charge is 0.452 e. The third-order valence-corrected chi connectivity index (χ3v) is 5.53. The van der Waals surface area contributed by atoms with Crippen molar-refractivity contribution in [1.82, 2.24) is 9.88 Å². The Morgan fingerprint density at radius 1 is 1.23 bits per heavy atom. The molecule has 1 amide bonds. The Bertz CT molecular complexity index is 976. The maximum Gasteiger partial charge on any atom is 0.338 e. The lowest BCUT2D eigenvalue weighted by atomic mass is 10.1. The van der Waals surface area contributed by atoms with Crippen LogP contribution in [0.2, 0.25) is 4.34 Å². The number of ether oxygens (including phenoxy) is 1. The number of aromatic nitrogens is 1. The normalized spacial score (nSPS) is 10.9. The number of rotatable bonds is 5. The monoisotopic (exact) mass is 390 g/mol. The molecule has 1 aromatic carbocycles. The predicted octanol–water partition coefficient (Wildman–Crippen LogP) is 4.32. The summed E-state index contributed by atoms with van der Waals surface area (Å²) in [6, 6.07) is 9.00. The minimum absolute atomic E-state index is 0.266. The van der Waals surface area contributed by atoms with Gasteiger partial charge >= 0.3 is 5.97 Å². The fourth-order valence-electron chi connectivity index (χ4n) is 2.67. The van der Waals surface area contributed by atoms with Gasteiger partial charge in [0.1, 0.15) is 0 Å². The molecule has 0 aliphatic carbocycles. The molecule has 3 aromatic rings. The first-order chi connectivity index (χ1) is 12.3. The summed E-state index contributed by atoms with van der Waals surface area (Å²) in [7, 11) is 1.67. The average molecular weight is 391 g/mol. The van der Waals surface area contributed by atoms with Crippen LogP contribution in [0.25, 0.3) is 10.9 Å². The van der Waals surface area contributed by atoms with Gasteiger partial charge in [-0.1, -0.05) is 11.6 Å². The van der Waals surface area contributed by atoms with Crippen LogP contribution in [0.15, 0.2) is 30.3 Å². The van der Waals surface area contributed by atoms with Crippen molar-refractivity contribution in [3.05, 3.63) is 56.4 Å². The molecule has 26 heavy (non-hydrogen) atoms. The Kier molecular flexibility index (Phi) is 5.34. The number of carbonyl (C=O) groups excluding carboxylic acids is 2. The average Bonchev–Trinajstić information content (AvgIpc) is 3.15. The molecule has 0 bridgehead atoms. The number of fused-ring (bicyclic) bond motifs is 1. The van der Waals surface area contributed by atoms with E-state index in [1.165, 1.54) is 16.2 Å². The molecule has 0 unspecified atom stereocenters. The van der Waals surface area contributed by atoms with E-state index in [4.69, 9.17) is 16.3 Å². The van der Waals surface area contributed by atoms with Gasteiger partial charge in [-0.05, 0) is 49.7 Å². The third kappa shape index (κ3) is 3.92. The van der Waals surface area contributed by atoms with E-state index < -0.39 is 5.97 Å². The smallest absolute Gasteiger partial charge is 0.338 e. The highest BCUT2D eigenvalue weighted by molar-refractivity contribution is 7.16. The number of H-pyrrole nitrogens is 1. The molecular formula is C19H19ClN2O3S. The van der Waals surface area contributed by atoms with Crippen molar-refractivity contribution in [2.75, 3.05) is 13.7 Å². The van der Waals surface area contributed by atoms with E-state index in [0.29, 0.717) is 16.4 Å². The lowest BCUT2D eigenvalue weighted by Gasteiger charge is -2.16. The van der Waals surface area contributed by atoms with E-state index in [1.807, 2.05) is 26.0 Å². The Labute approximate surface area is 160 Å². The highest BCUT2D eigenvalue weighted by Crippen LogP contribution is 2.23. The molecule has 0 radical (unpaired) electrons. The fourth-order valence-corrected chi connectivity index (χ4v) is 3.81. The highest BCUT2D eigenvalue weighted by atomic mass is 35.5. The second kappa shape index (κ2) is 7.51. The third-order valence-electron chi connectivity index (χ3n) is 4.32. The molecule has 0 aliphatic rings. The number of thiophene rings is 1. The Balaban J connectivity index is 1.61. The summed E-state index contributed by atoms with van der Waals surface area (Å²) in [5.41, 5.74) is 3.57. The summed E-state index contributed by atoms with van der Waals surface area (Å²) in [6.45, 7) is 4.13. The number of nitrogens with zero attached hydrogens (tertiary/aromatic N) is 1. The number of amides is 1. The predicted molar refractivity (Wildman–Crippen MR) is 104 cm³/mol. The first-order valence-corrected chi connectivity index (χ1v) is 9.29.